The molecule has 1 aromatic heterocycles. The van der Waals surface area contributed by atoms with Gasteiger partial charge in [-0.2, -0.15) is 4.98 Å². The van der Waals surface area contributed by atoms with Gasteiger partial charge >= 0.3 is 0 Å². The van der Waals surface area contributed by atoms with Crippen molar-refractivity contribution in [2.75, 3.05) is 17.7 Å². The van der Waals surface area contributed by atoms with E-state index in [1.54, 1.807) is 0 Å². The SMILES string of the molecule is Cc1cc(NC(C)C2CCCO2)nc(N)n1. The van der Waals surface area contributed by atoms with Crippen molar-refractivity contribution in [1.82, 2.24) is 9.97 Å². The van der Waals surface area contributed by atoms with Gasteiger partial charge in [-0.05, 0) is 26.7 Å². The minimum atomic E-state index is 0.246. The summed E-state index contributed by atoms with van der Waals surface area (Å²) in [5.41, 5.74) is 6.47. The van der Waals surface area contributed by atoms with Crippen LogP contribution in [0.1, 0.15) is 25.5 Å². The maximum atomic E-state index is 5.61. The van der Waals surface area contributed by atoms with Gasteiger partial charge in [0, 0.05) is 18.4 Å². The molecule has 16 heavy (non-hydrogen) atoms. The zero-order valence-electron chi connectivity index (χ0n) is 9.73. The number of anilines is 2. The van der Waals surface area contributed by atoms with E-state index in [0.717, 1.165) is 31.0 Å². The Labute approximate surface area is 95.4 Å². The molecule has 0 amide bonds. The third-order valence-electron chi connectivity index (χ3n) is 2.77. The van der Waals surface area contributed by atoms with Crippen molar-refractivity contribution in [2.24, 2.45) is 0 Å². The van der Waals surface area contributed by atoms with Gasteiger partial charge in [0.15, 0.2) is 0 Å². The monoisotopic (exact) mass is 222 g/mol. The van der Waals surface area contributed by atoms with Gasteiger partial charge in [0.05, 0.1) is 12.1 Å². The van der Waals surface area contributed by atoms with Crippen LogP contribution in [0.4, 0.5) is 11.8 Å². The number of nitrogens with one attached hydrogen (secondary N) is 1. The summed E-state index contributed by atoms with van der Waals surface area (Å²) in [6.07, 6.45) is 2.52. The number of aryl methyl sites for hydroxylation is 1. The first-order chi connectivity index (χ1) is 7.65. The Morgan fingerprint density at radius 3 is 3.00 bits per heavy atom. The molecular formula is C11H18N4O. The number of hydrogen-bond acceptors (Lipinski definition) is 5. The van der Waals surface area contributed by atoms with Crippen molar-refractivity contribution in [3.63, 3.8) is 0 Å². The Hall–Kier alpha value is -1.36. The van der Waals surface area contributed by atoms with Gasteiger partial charge in [0.1, 0.15) is 5.82 Å². The predicted octanol–water partition coefficient (Wildman–Crippen LogP) is 1.35. The van der Waals surface area contributed by atoms with Crippen LogP contribution in [-0.2, 0) is 4.74 Å². The fourth-order valence-electron chi connectivity index (χ4n) is 1.99. The van der Waals surface area contributed by atoms with Crippen molar-refractivity contribution < 1.29 is 4.74 Å². The molecule has 1 aliphatic heterocycles. The molecule has 2 heterocycles. The summed E-state index contributed by atoms with van der Waals surface area (Å²) in [7, 11) is 0. The normalized spacial score (nSPS) is 22.0. The maximum absolute atomic E-state index is 5.61. The lowest BCUT2D eigenvalue weighted by molar-refractivity contribution is 0.0995. The summed E-state index contributed by atoms with van der Waals surface area (Å²) in [5, 5.41) is 3.31. The lowest BCUT2D eigenvalue weighted by Crippen LogP contribution is -2.30. The van der Waals surface area contributed by atoms with Crippen LogP contribution >= 0.6 is 0 Å². The number of ether oxygens (including phenoxy) is 1. The van der Waals surface area contributed by atoms with Crippen LogP contribution in [0.5, 0.6) is 0 Å². The molecule has 88 valence electrons. The van der Waals surface area contributed by atoms with Crippen LogP contribution in [0, 0.1) is 6.92 Å². The van der Waals surface area contributed by atoms with E-state index < -0.39 is 0 Å². The molecular weight excluding hydrogens is 204 g/mol. The molecule has 1 aliphatic rings. The van der Waals surface area contributed by atoms with Gasteiger partial charge in [-0.25, -0.2) is 4.98 Å². The Kier molecular flexibility index (Phi) is 3.24. The summed E-state index contributed by atoms with van der Waals surface area (Å²) < 4.78 is 5.61. The quantitative estimate of drug-likeness (QED) is 0.807. The summed E-state index contributed by atoms with van der Waals surface area (Å²) in [6, 6.07) is 2.14. The molecule has 2 unspecified atom stereocenters. The van der Waals surface area contributed by atoms with Gasteiger partial charge in [-0.15, -0.1) is 0 Å². The first-order valence-corrected chi connectivity index (χ1v) is 5.64. The summed E-state index contributed by atoms with van der Waals surface area (Å²) in [5.74, 6) is 1.08. The van der Waals surface area contributed by atoms with Crippen molar-refractivity contribution >= 4 is 11.8 Å². The fourth-order valence-corrected chi connectivity index (χ4v) is 1.99. The molecule has 0 bridgehead atoms. The number of nitrogens with zero attached hydrogens (tertiary/aromatic N) is 2. The highest BCUT2D eigenvalue weighted by molar-refractivity contribution is 5.41. The Morgan fingerprint density at radius 2 is 2.38 bits per heavy atom. The van der Waals surface area contributed by atoms with E-state index in [4.69, 9.17) is 10.5 Å². The number of nitrogen functional groups attached to an aromatic ring is 1. The molecule has 3 N–H and O–H groups in total. The van der Waals surface area contributed by atoms with E-state index in [9.17, 15) is 0 Å². The van der Waals surface area contributed by atoms with E-state index in [2.05, 4.69) is 22.2 Å². The first kappa shape index (κ1) is 11.1. The zero-order chi connectivity index (χ0) is 11.5. The van der Waals surface area contributed by atoms with Gasteiger partial charge in [0.25, 0.3) is 0 Å². The van der Waals surface area contributed by atoms with Gasteiger partial charge < -0.3 is 15.8 Å². The van der Waals surface area contributed by atoms with Crippen LogP contribution in [0.15, 0.2) is 6.07 Å². The van der Waals surface area contributed by atoms with E-state index >= 15 is 0 Å². The minimum Gasteiger partial charge on any atom is -0.376 e. The Bertz CT molecular complexity index is 343. The molecule has 1 saturated heterocycles. The van der Waals surface area contributed by atoms with Crippen molar-refractivity contribution in [3.05, 3.63) is 11.8 Å². The summed E-state index contributed by atoms with van der Waals surface area (Å²) in [4.78, 5) is 8.18. The number of hydrogen-bond donors (Lipinski definition) is 2. The first-order valence-electron chi connectivity index (χ1n) is 5.64. The molecule has 2 rings (SSSR count). The lowest BCUT2D eigenvalue weighted by atomic mass is 10.1. The van der Waals surface area contributed by atoms with E-state index in [1.165, 1.54) is 0 Å². The van der Waals surface area contributed by atoms with Gasteiger partial charge in [-0.1, -0.05) is 0 Å². The molecule has 2 atom stereocenters. The average molecular weight is 222 g/mol. The molecule has 5 nitrogen and oxygen atoms in total. The minimum absolute atomic E-state index is 0.246. The van der Waals surface area contributed by atoms with Crippen LogP contribution in [0.2, 0.25) is 0 Å². The Balaban J connectivity index is 2.02. The van der Waals surface area contributed by atoms with Gasteiger partial charge in [0.2, 0.25) is 5.95 Å². The molecule has 1 aromatic rings. The molecule has 0 spiro atoms. The largest absolute Gasteiger partial charge is 0.376 e. The topological polar surface area (TPSA) is 73.1 Å². The third kappa shape index (κ3) is 2.61. The van der Waals surface area contributed by atoms with Crippen LogP contribution in [0.3, 0.4) is 0 Å². The molecule has 0 saturated carbocycles. The lowest BCUT2D eigenvalue weighted by Gasteiger charge is -2.20. The van der Waals surface area contributed by atoms with Crippen LogP contribution in [-0.4, -0.2) is 28.7 Å². The molecule has 5 heteroatoms. The van der Waals surface area contributed by atoms with Crippen molar-refractivity contribution in [3.8, 4) is 0 Å². The van der Waals surface area contributed by atoms with Crippen molar-refractivity contribution in [2.45, 2.75) is 38.8 Å². The standard InChI is InChI=1S/C11H18N4O/c1-7-6-10(15-11(12)13-7)14-8(2)9-4-3-5-16-9/h6,8-9H,3-5H2,1-2H3,(H3,12,13,14,15). The van der Waals surface area contributed by atoms with Crippen LogP contribution < -0.4 is 11.1 Å². The van der Waals surface area contributed by atoms with Crippen LogP contribution in [0.25, 0.3) is 0 Å². The second-order valence-corrected chi connectivity index (χ2v) is 4.24. The highest BCUT2D eigenvalue weighted by Crippen LogP contribution is 2.18. The van der Waals surface area contributed by atoms with E-state index in [-0.39, 0.29) is 12.1 Å². The second-order valence-electron chi connectivity index (χ2n) is 4.24. The average Bonchev–Trinajstić information content (AvgIpc) is 2.68. The van der Waals surface area contributed by atoms with Gasteiger partial charge in [-0.3, -0.25) is 0 Å². The third-order valence-corrected chi connectivity index (χ3v) is 2.77. The molecule has 0 radical (unpaired) electrons. The maximum Gasteiger partial charge on any atom is 0.222 e. The summed E-state index contributed by atoms with van der Waals surface area (Å²) >= 11 is 0. The Morgan fingerprint density at radius 1 is 1.56 bits per heavy atom. The highest BCUT2D eigenvalue weighted by atomic mass is 16.5. The van der Waals surface area contributed by atoms with E-state index in [0.29, 0.717) is 5.95 Å². The zero-order valence-corrected chi connectivity index (χ0v) is 9.73. The fraction of sp³-hybridized carbons (Fsp3) is 0.636. The number of nitrogens with two attached hydrogens (primary N) is 1. The highest BCUT2D eigenvalue weighted by Gasteiger charge is 2.22. The van der Waals surface area contributed by atoms with E-state index in [1.807, 2.05) is 13.0 Å². The molecule has 0 aromatic carbocycles. The molecule has 0 aliphatic carbocycles. The summed E-state index contributed by atoms with van der Waals surface area (Å²) in [6.45, 7) is 4.87. The molecule has 1 fully saturated rings. The second kappa shape index (κ2) is 4.65. The smallest absolute Gasteiger partial charge is 0.222 e. The number of rotatable bonds is 3. The van der Waals surface area contributed by atoms with Crippen molar-refractivity contribution in [1.29, 1.82) is 0 Å². The predicted molar refractivity (Wildman–Crippen MR) is 63.2 cm³/mol. The number of aromatic nitrogens is 2.